The monoisotopic (exact) mass is 331 g/mol. The lowest BCUT2D eigenvalue weighted by Gasteiger charge is -2.22. The fraction of sp³-hybridized carbons (Fsp3) is 0.579. The van der Waals surface area contributed by atoms with Crippen molar-refractivity contribution in [2.75, 3.05) is 11.9 Å². The summed E-state index contributed by atoms with van der Waals surface area (Å²) in [6, 6.07) is 7.44. The Balaban J connectivity index is 1.80. The second kappa shape index (κ2) is 8.29. The molecule has 2 amide bonds. The zero-order valence-electron chi connectivity index (χ0n) is 14.9. The molecule has 1 fully saturated rings. The Labute approximate surface area is 144 Å². The van der Waals surface area contributed by atoms with Crippen LogP contribution in [0.5, 0.6) is 0 Å². The van der Waals surface area contributed by atoms with Gasteiger partial charge in [0.05, 0.1) is 6.54 Å². The van der Waals surface area contributed by atoms with E-state index in [2.05, 4.69) is 16.0 Å². The van der Waals surface area contributed by atoms with Crippen molar-refractivity contribution in [2.24, 2.45) is 0 Å². The molecule has 0 atom stereocenters. The Hall–Kier alpha value is -1.88. The topological polar surface area (TPSA) is 70.2 Å². The molecule has 0 aliphatic heterocycles. The number of nitrogens with one attached hydrogen (secondary N) is 3. The van der Waals surface area contributed by atoms with Gasteiger partial charge in [0.1, 0.15) is 0 Å². The van der Waals surface area contributed by atoms with E-state index in [0.29, 0.717) is 23.8 Å². The molecule has 3 N–H and O–H groups in total. The van der Waals surface area contributed by atoms with Gasteiger partial charge in [0, 0.05) is 22.8 Å². The summed E-state index contributed by atoms with van der Waals surface area (Å²) in [5, 5.41) is 9.10. The number of carbonyl (C=O) groups is 2. The van der Waals surface area contributed by atoms with Crippen LogP contribution in [0.4, 0.5) is 5.69 Å². The molecule has 0 saturated heterocycles. The van der Waals surface area contributed by atoms with E-state index in [0.717, 1.165) is 12.8 Å². The number of amides is 2. The van der Waals surface area contributed by atoms with Crippen LogP contribution in [0, 0.1) is 0 Å². The molecule has 0 aromatic heterocycles. The lowest BCUT2D eigenvalue weighted by molar-refractivity contribution is -0.115. The van der Waals surface area contributed by atoms with Crippen molar-refractivity contribution in [1.29, 1.82) is 0 Å². The average Bonchev–Trinajstić information content (AvgIpc) is 2.53. The molecule has 24 heavy (non-hydrogen) atoms. The fourth-order valence-corrected chi connectivity index (χ4v) is 2.87. The van der Waals surface area contributed by atoms with Crippen molar-refractivity contribution in [3.63, 3.8) is 0 Å². The summed E-state index contributed by atoms with van der Waals surface area (Å²) in [5.74, 6) is -0.160. The Bertz CT molecular complexity index is 555. The number of benzene rings is 1. The van der Waals surface area contributed by atoms with E-state index in [9.17, 15) is 9.59 Å². The lowest BCUT2D eigenvalue weighted by atomic mass is 9.95. The maximum absolute atomic E-state index is 12.1. The van der Waals surface area contributed by atoms with Gasteiger partial charge in [0.25, 0.3) is 5.91 Å². The maximum Gasteiger partial charge on any atom is 0.251 e. The summed E-state index contributed by atoms with van der Waals surface area (Å²) >= 11 is 0. The summed E-state index contributed by atoms with van der Waals surface area (Å²) in [6.45, 7) is 6.16. The van der Waals surface area contributed by atoms with Gasteiger partial charge < -0.3 is 16.0 Å². The van der Waals surface area contributed by atoms with E-state index < -0.39 is 0 Å². The molecule has 1 aliphatic carbocycles. The van der Waals surface area contributed by atoms with Gasteiger partial charge in [0.2, 0.25) is 5.91 Å². The first-order chi connectivity index (χ1) is 11.3. The van der Waals surface area contributed by atoms with E-state index in [1.807, 2.05) is 20.8 Å². The van der Waals surface area contributed by atoms with Gasteiger partial charge in [-0.1, -0.05) is 19.3 Å². The van der Waals surface area contributed by atoms with Crippen molar-refractivity contribution in [3.8, 4) is 0 Å². The summed E-state index contributed by atoms with van der Waals surface area (Å²) in [6.07, 6.45) is 6.12. The maximum atomic E-state index is 12.1. The van der Waals surface area contributed by atoms with Gasteiger partial charge in [-0.25, -0.2) is 0 Å². The summed E-state index contributed by atoms with van der Waals surface area (Å²) in [5.41, 5.74) is 1.02. The number of hydrogen-bond acceptors (Lipinski definition) is 3. The molecular weight excluding hydrogens is 302 g/mol. The molecule has 0 radical (unpaired) electrons. The summed E-state index contributed by atoms with van der Waals surface area (Å²) in [7, 11) is 0. The second-order valence-electron chi connectivity index (χ2n) is 7.55. The van der Waals surface area contributed by atoms with Crippen LogP contribution >= 0.6 is 0 Å². The Morgan fingerprint density at radius 3 is 2.25 bits per heavy atom. The molecule has 1 saturated carbocycles. The Kier molecular flexibility index (Phi) is 6.37. The summed E-state index contributed by atoms with van der Waals surface area (Å²) < 4.78 is 0. The Morgan fingerprint density at radius 1 is 1.04 bits per heavy atom. The summed E-state index contributed by atoms with van der Waals surface area (Å²) in [4.78, 5) is 24.1. The van der Waals surface area contributed by atoms with Crippen LogP contribution in [0.15, 0.2) is 24.3 Å². The van der Waals surface area contributed by atoms with E-state index in [1.165, 1.54) is 19.3 Å². The van der Waals surface area contributed by atoms with Crippen LogP contribution in [0.1, 0.15) is 63.2 Å². The first-order valence-corrected chi connectivity index (χ1v) is 8.79. The molecule has 0 spiro atoms. The zero-order valence-corrected chi connectivity index (χ0v) is 14.9. The van der Waals surface area contributed by atoms with Crippen LogP contribution in [-0.4, -0.2) is 29.9 Å². The minimum absolute atomic E-state index is 0.0486. The lowest BCUT2D eigenvalue weighted by Crippen LogP contribution is -2.40. The smallest absolute Gasteiger partial charge is 0.251 e. The molecule has 2 rings (SSSR count). The minimum Gasteiger partial charge on any atom is -0.347 e. The van der Waals surface area contributed by atoms with Gasteiger partial charge in [0.15, 0.2) is 0 Å². The molecule has 5 nitrogen and oxygen atoms in total. The number of carbonyl (C=O) groups excluding carboxylic acids is 2. The highest BCUT2D eigenvalue weighted by Crippen LogP contribution is 2.17. The van der Waals surface area contributed by atoms with E-state index in [4.69, 9.17) is 0 Å². The van der Waals surface area contributed by atoms with Crippen molar-refractivity contribution in [1.82, 2.24) is 10.6 Å². The third kappa shape index (κ3) is 6.32. The Morgan fingerprint density at radius 2 is 1.67 bits per heavy atom. The highest BCUT2D eigenvalue weighted by molar-refractivity contribution is 5.96. The molecule has 0 heterocycles. The predicted molar refractivity (Wildman–Crippen MR) is 97.2 cm³/mol. The number of rotatable bonds is 5. The van der Waals surface area contributed by atoms with Crippen molar-refractivity contribution < 1.29 is 9.59 Å². The van der Waals surface area contributed by atoms with Crippen LogP contribution in [0.25, 0.3) is 0 Å². The van der Waals surface area contributed by atoms with E-state index >= 15 is 0 Å². The van der Waals surface area contributed by atoms with Crippen LogP contribution < -0.4 is 16.0 Å². The molecule has 5 heteroatoms. The molecule has 1 aromatic rings. The average molecular weight is 331 g/mol. The predicted octanol–water partition coefficient (Wildman–Crippen LogP) is 3.08. The molecule has 0 unspecified atom stereocenters. The van der Waals surface area contributed by atoms with Crippen molar-refractivity contribution in [2.45, 2.75) is 64.5 Å². The molecule has 1 aliphatic rings. The number of anilines is 1. The van der Waals surface area contributed by atoms with Gasteiger partial charge in [-0.2, -0.15) is 0 Å². The van der Waals surface area contributed by atoms with Gasteiger partial charge in [-0.05, 0) is 57.9 Å². The van der Waals surface area contributed by atoms with E-state index in [1.54, 1.807) is 24.3 Å². The third-order valence-electron chi connectivity index (χ3n) is 4.08. The second-order valence-corrected chi connectivity index (χ2v) is 7.55. The quantitative estimate of drug-likeness (QED) is 0.776. The normalized spacial score (nSPS) is 15.8. The SMILES string of the molecule is CC(C)(C)NC(=O)c1ccc(NC(=O)CNC2CCCCC2)cc1. The highest BCUT2D eigenvalue weighted by atomic mass is 16.2. The largest absolute Gasteiger partial charge is 0.347 e. The number of hydrogen-bond donors (Lipinski definition) is 3. The molecule has 1 aromatic carbocycles. The van der Waals surface area contributed by atoms with Gasteiger partial charge in [-0.15, -0.1) is 0 Å². The zero-order chi connectivity index (χ0) is 17.6. The molecule has 132 valence electrons. The minimum atomic E-state index is -0.269. The fourth-order valence-electron chi connectivity index (χ4n) is 2.87. The van der Waals surface area contributed by atoms with Gasteiger partial charge in [-0.3, -0.25) is 9.59 Å². The van der Waals surface area contributed by atoms with Gasteiger partial charge >= 0.3 is 0 Å². The van der Waals surface area contributed by atoms with Crippen molar-refractivity contribution in [3.05, 3.63) is 29.8 Å². The first-order valence-electron chi connectivity index (χ1n) is 8.79. The van der Waals surface area contributed by atoms with Crippen LogP contribution in [0.3, 0.4) is 0 Å². The standard InChI is InChI=1S/C19H29N3O2/c1-19(2,3)22-18(24)14-9-11-16(12-10-14)21-17(23)13-20-15-7-5-4-6-8-15/h9-12,15,20H,4-8,13H2,1-3H3,(H,21,23)(H,22,24). The van der Waals surface area contributed by atoms with Crippen LogP contribution in [-0.2, 0) is 4.79 Å². The molecular formula is C19H29N3O2. The molecule has 0 bridgehead atoms. The van der Waals surface area contributed by atoms with E-state index in [-0.39, 0.29) is 17.4 Å². The van der Waals surface area contributed by atoms with Crippen molar-refractivity contribution >= 4 is 17.5 Å². The third-order valence-corrected chi connectivity index (χ3v) is 4.08. The van der Waals surface area contributed by atoms with Crippen LogP contribution in [0.2, 0.25) is 0 Å². The first kappa shape index (κ1) is 18.5. The highest BCUT2D eigenvalue weighted by Gasteiger charge is 2.16.